The fourth-order valence-corrected chi connectivity index (χ4v) is 0.648. The molecule has 0 fully saturated rings. The van der Waals surface area contributed by atoms with Gasteiger partial charge in [0.25, 0.3) is 0 Å². The molecule has 0 atom stereocenters. The van der Waals surface area contributed by atoms with Gasteiger partial charge in [-0.05, 0) is 0 Å². The van der Waals surface area contributed by atoms with Crippen LogP contribution in [-0.2, 0) is 13.6 Å². The van der Waals surface area contributed by atoms with E-state index in [9.17, 15) is 14.2 Å². The molecule has 3 N–H and O–H groups in total. The molecule has 0 unspecified atom stereocenters. The summed E-state index contributed by atoms with van der Waals surface area (Å²) in [7, 11) is -5.00. The molecule has 0 bridgehead atoms. The van der Waals surface area contributed by atoms with Crippen LogP contribution >= 0.6 is 7.82 Å². The van der Waals surface area contributed by atoms with E-state index in [4.69, 9.17) is 15.1 Å². The zero-order valence-corrected chi connectivity index (χ0v) is 14.7. The average molecular weight is 258 g/mol. The molecule has 0 aromatic carbocycles. The summed E-state index contributed by atoms with van der Waals surface area (Å²) >= 11 is 0. The minimum absolute atomic E-state index is 0. The van der Waals surface area contributed by atoms with E-state index >= 15 is 0 Å². The minimum atomic E-state index is -5.00. The number of phosphoric ester groups is 1. The van der Waals surface area contributed by atoms with Crippen molar-refractivity contribution in [1.29, 1.82) is 0 Å². The second kappa shape index (κ2) is 11.2. The molecule has 0 amide bonds. The predicted octanol–water partition coefficient (Wildman–Crippen LogP) is -8.17. The molecule has 0 aromatic rings. The molecule has 0 aliphatic carbocycles. The Morgan fingerprint density at radius 1 is 1.00 bits per heavy atom. The van der Waals surface area contributed by atoms with Crippen LogP contribution in [0.5, 0.6) is 0 Å². The quantitative estimate of drug-likeness (QED) is 0.329. The summed E-state index contributed by atoms with van der Waals surface area (Å²) in [4.78, 5) is 27.3. The van der Waals surface area contributed by atoms with Gasteiger partial charge < -0.3 is 23.5 Å². The van der Waals surface area contributed by atoms with Gasteiger partial charge in [-0.1, -0.05) is 0 Å². The number of carboxylic acid groups (broad SMARTS) is 2. The molecule has 0 radical (unpaired) electrons. The van der Waals surface area contributed by atoms with Crippen molar-refractivity contribution in [1.82, 2.24) is 0 Å². The van der Waals surface area contributed by atoms with Crippen molar-refractivity contribution < 1.29 is 131 Å². The van der Waals surface area contributed by atoms with Gasteiger partial charge in [0.05, 0.1) is 0 Å². The topological polar surface area (TPSA) is 130 Å². The van der Waals surface area contributed by atoms with Crippen molar-refractivity contribution in [3.8, 4) is 0 Å². The Kier molecular flexibility index (Phi) is 19.9. The van der Waals surface area contributed by atoms with Gasteiger partial charge in [-0.15, -0.1) is 0 Å². The summed E-state index contributed by atoms with van der Waals surface area (Å²) in [5.41, 5.74) is 0. The molecule has 0 aliphatic heterocycles. The standard InChI is InChI=1S/C2H3O8P.3Na.3H/c3-1(4)9-11(7,8)10-2(5)6;;;;;;/h(H,3,4)(H,5,6)(H,7,8);;;;;;/q;3*+1;3*-1. The maximum atomic E-state index is 10.2. The fraction of sp³-hybridized carbons (Fsp3) is 0. The Bertz CT molecular complexity index is 220. The SMILES string of the molecule is O=C(O)OP(=O)(O)OC(=O)O.[H-].[H-].[H-].[Na+].[Na+].[Na+]. The van der Waals surface area contributed by atoms with Crippen LogP contribution in [0.25, 0.3) is 0 Å². The van der Waals surface area contributed by atoms with Crippen molar-refractivity contribution >= 4 is 20.1 Å². The molecule has 0 heterocycles. The van der Waals surface area contributed by atoms with Gasteiger partial charge in [0.2, 0.25) is 0 Å². The fourth-order valence-electron chi connectivity index (χ4n) is 0.216. The number of carbonyl (C=O) groups is 2. The summed E-state index contributed by atoms with van der Waals surface area (Å²) in [5, 5.41) is 15.5. The summed E-state index contributed by atoms with van der Waals surface area (Å²) in [5.74, 6) is 0. The van der Waals surface area contributed by atoms with Crippen LogP contribution in [0.4, 0.5) is 9.59 Å². The molecule has 0 aromatic heterocycles. The van der Waals surface area contributed by atoms with E-state index in [0.717, 1.165) is 0 Å². The smallest absolute Gasteiger partial charge is 1.00 e. The van der Waals surface area contributed by atoms with Crippen molar-refractivity contribution in [2.75, 3.05) is 0 Å². The molecular weight excluding hydrogens is 252 g/mol. The molecule has 0 saturated carbocycles. The molecule has 0 rings (SSSR count). The van der Waals surface area contributed by atoms with E-state index in [1.54, 1.807) is 0 Å². The minimum Gasteiger partial charge on any atom is -1.00 e. The van der Waals surface area contributed by atoms with Gasteiger partial charge in [0, 0.05) is 0 Å². The third kappa shape index (κ3) is 16.2. The van der Waals surface area contributed by atoms with E-state index in [-0.39, 0.29) is 93.0 Å². The number of hydrogen-bond acceptors (Lipinski definition) is 5. The molecule has 8 nitrogen and oxygen atoms in total. The molecule has 0 aliphatic rings. The van der Waals surface area contributed by atoms with Gasteiger partial charge in [0.1, 0.15) is 0 Å². The molecule has 14 heavy (non-hydrogen) atoms. The van der Waals surface area contributed by atoms with Crippen LogP contribution < -0.4 is 88.7 Å². The first-order valence-corrected chi connectivity index (χ1v) is 3.51. The van der Waals surface area contributed by atoms with Crippen LogP contribution in [0.15, 0.2) is 0 Å². The normalized spacial score (nSPS) is 8.07. The van der Waals surface area contributed by atoms with Crippen LogP contribution in [0.2, 0.25) is 0 Å². The van der Waals surface area contributed by atoms with Gasteiger partial charge in [0.15, 0.2) is 0 Å². The molecule has 0 spiro atoms. The number of hydrogen-bond donors (Lipinski definition) is 3. The maximum absolute atomic E-state index is 10.2. The van der Waals surface area contributed by atoms with Crippen LogP contribution in [-0.4, -0.2) is 27.4 Å². The molecular formula is C2H6Na3O8P. The Balaban J connectivity index is -0.0000000333. The van der Waals surface area contributed by atoms with E-state index in [1.165, 1.54) is 0 Å². The summed E-state index contributed by atoms with van der Waals surface area (Å²) < 4.78 is 16.5. The molecule has 12 heteroatoms. The molecule has 0 saturated heterocycles. The first-order chi connectivity index (χ1) is 4.83. The molecule has 70 valence electrons. The van der Waals surface area contributed by atoms with Gasteiger partial charge >= 0.3 is 109 Å². The third-order valence-electron chi connectivity index (χ3n) is 0.387. The maximum Gasteiger partial charge on any atom is 1.00 e. The van der Waals surface area contributed by atoms with Crippen LogP contribution in [0, 0.1) is 0 Å². The van der Waals surface area contributed by atoms with Crippen LogP contribution in [0.1, 0.15) is 4.28 Å². The Labute approximate surface area is 149 Å². The van der Waals surface area contributed by atoms with E-state index in [0.29, 0.717) is 0 Å². The monoisotopic (exact) mass is 258 g/mol. The van der Waals surface area contributed by atoms with Gasteiger partial charge in [-0.2, -0.15) is 0 Å². The average Bonchev–Trinajstić information content (AvgIpc) is 1.53. The Hall–Kier alpha value is 1.73. The van der Waals surface area contributed by atoms with Gasteiger partial charge in [-0.25, -0.2) is 14.2 Å². The van der Waals surface area contributed by atoms with Crippen LogP contribution in [0.3, 0.4) is 0 Å². The first kappa shape index (κ1) is 24.8. The number of phosphoric acid groups is 1. The Morgan fingerprint density at radius 2 is 1.21 bits per heavy atom. The van der Waals surface area contributed by atoms with Crippen molar-refractivity contribution in [3.05, 3.63) is 0 Å². The largest absolute Gasteiger partial charge is 1.00 e. The van der Waals surface area contributed by atoms with E-state index in [2.05, 4.69) is 9.05 Å². The van der Waals surface area contributed by atoms with E-state index < -0.39 is 20.1 Å². The second-order valence-corrected chi connectivity index (χ2v) is 2.49. The van der Waals surface area contributed by atoms with Crippen molar-refractivity contribution in [3.63, 3.8) is 0 Å². The summed E-state index contributed by atoms with van der Waals surface area (Å²) in [6.07, 6.45) is -4.20. The summed E-state index contributed by atoms with van der Waals surface area (Å²) in [6, 6.07) is 0. The predicted molar refractivity (Wildman–Crippen MR) is 31.4 cm³/mol. The Morgan fingerprint density at radius 3 is 1.36 bits per heavy atom. The first-order valence-electron chi connectivity index (χ1n) is 2.01. The van der Waals surface area contributed by atoms with Crippen molar-refractivity contribution in [2.24, 2.45) is 0 Å². The zero-order chi connectivity index (χ0) is 9.07. The summed E-state index contributed by atoms with van der Waals surface area (Å²) in [6.45, 7) is 0. The van der Waals surface area contributed by atoms with Gasteiger partial charge in [-0.3, -0.25) is 4.89 Å². The van der Waals surface area contributed by atoms with E-state index in [1.807, 2.05) is 0 Å². The zero-order valence-electron chi connectivity index (χ0n) is 10.8. The van der Waals surface area contributed by atoms with Crippen molar-refractivity contribution in [2.45, 2.75) is 0 Å². The second-order valence-electron chi connectivity index (χ2n) is 1.18. The number of rotatable bonds is 2. The third-order valence-corrected chi connectivity index (χ3v) is 1.16.